The molecule has 2 atom stereocenters. The third-order valence-corrected chi connectivity index (χ3v) is 5.95. The molecule has 1 N–H and O–H groups in total. The van der Waals surface area contributed by atoms with Gasteiger partial charge in [0.1, 0.15) is 0 Å². The minimum atomic E-state index is 0.356. The zero-order valence-corrected chi connectivity index (χ0v) is 16.9. The van der Waals surface area contributed by atoms with Gasteiger partial charge >= 0.3 is 0 Å². The summed E-state index contributed by atoms with van der Waals surface area (Å²) in [4.78, 5) is 2.70. The van der Waals surface area contributed by atoms with Crippen molar-refractivity contribution in [3.63, 3.8) is 0 Å². The van der Waals surface area contributed by atoms with Gasteiger partial charge in [0.05, 0.1) is 6.61 Å². The van der Waals surface area contributed by atoms with Gasteiger partial charge in [0, 0.05) is 18.6 Å². The summed E-state index contributed by atoms with van der Waals surface area (Å²) in [7, 11) is 0. The van der Waals surface area contributed by atoms with Crippen LogP contribution in [-0.2, 0) is 0 Å². The van der Waals surface area contributed by atoms with Gasteiger partial charge in [-0.05, 0) is 31.6 Å². The van der Waals surface area contributed by atoms with Crippen LogP contribution < -0.4 is 0 Å². The van der Waals surface area contributed by atoms with E-state index in [1.165, 1.54) is 96.4 Å². The zero-order chi connectivity index (χ0) is 17.6. The molecule has 0 aromatic carbocycles. The van der Waals surface area contributed by atoms with E-state index in [2.05, 4.69) is 25.7 Å². The van der Waals surface area contributed by atoms with Crippen molar-refractivity contribution in [2.24, 2.45) is 5.92 Å². The van der Waals surface area contributed by atoms with Gasteiger partial charge in [-0.25, -0.2) is 0 Å². The Kier molecular flexibility index (Phi) is 12.9. The smallest absolute Gasteiger partial charge is 0.0586 e. The maximum Gasteiger partial charge on any atom is 0.0586 e. The molecule has 2 nitrogen and oxygen atoms in total. The number of aliphatic hydroxyl groups excluding tert-OH is 1. The molecule has 24 heavy (non-hydrogen) atoms. The molecule has 0 spiro atoms. The number of hydrogen-bond acceptors (Lipinski definition) is 2. The molecule has 0 aromatic heterocycles. The maximum atomic E-state index is 9.84. The Balaban J connectivity index is 2.47. The number of rotatable bonds is 14. The Labute approximate surface area is 152 Å². The summed E-state index contributed by atoms with van der Waals surface area (Å²) in [5.41, 5.74) is 0. The minimum absolute atomic E-state index is 0.356. The lowest BCUT2D eigenvalue weighted by atomic mass is 9.90. The Morgan fingerprint density at radius 3 is 1.88 bits per heavy atom. The van der Waals surface area contributed by atoms with Gasteiger partial charge in [-0.3, -0.25) is 4.90 Å². The van der Waals surface area contributed by atoms with Crippen LogP contribution in [0.15, 0.2) is 0 Å². The van der Waals surface area contributed by atoms with Crippen LogP contribution in [-0.4, -0.2) is 35.2 Å². The van der Waals surface area contributed by atoms with E-state index < -0.39 is 0 Å². The van der Waals surface area contributed by atoms with Crippen LogP contribution in [0, 0.1) is 5.92 Å². The van der Waals surface area contributed by atoms with E-state index in [4.69, 9.17) is 0 Å². The van der Waals surface area contributed by atoms with Crippen molar-refractivity contribution in [2.75, 3.05) is 13.2 Å². The molecule has 1 heterocycles. The second-order valence-electron chi connectivity index (χ2n) is 8.28. The SMILES string of the molecule is CCCCCCCC(CCCCCCC)N1C[C@@H](C)CC[C@@H]1CO. The van der Waals surface area contributed by atoms with Crippen LogP contribution in [0.4, 0.5) is 0 Å². The van der Waals surface area contributed by atoms with E-state index >= 15 is 0 Å². The molecule has 1 rings (SSSR count). The average molecular weight is 340 g/mol. The number of hydrogen-bond donors (Lipinski definition) is 1. The van der Waals surface area contributed by atoms with E-state index in [1.807, 2.05) is 0 Å². The van der Waals surface area contributed by atoms with Crippen molar-refractivity contribution in [1.29, 1.82) is 0 Å². The number of unbranched alkanes of at least 4 members (excludes halogenated alkanes) is 8. The summed E-state index contributed by atoms with van der Waals surface area (Å²) in [5, 5.41) is 9.84. The fraction of sp³-hybridized carbons (Fsp3) is 1.00. The normalized spacial score (nSPS) is 22.4. The average Bonchev–Trinajstić information content (AvgIpc) is 2.59. The molecule has 1 aliphatic heterocycles. The lowest BCUT2D eigenvalue weighted by molar-refractivity contribution is 0.0248. The summed E-state index contributed by atoms with van der Waals surface area (Å²) in [6, 6.07) is 1.14. The molecular formula is C22H45NO. The quantitative estimate of drug-likeness (QED) is 0.383. The summed E-state index contributed by atoms with van der Waals surface area (Å²) < 4.78 is 0. The second-order valence-corrected chi connectivity index (χ2v) is 8.28. The minimum Gasteiger partial charge on any atom is -0.395 e. The highest BCUT2D eigenvalue weighted by Gasteiger charge is 2.30. The third kappa shape index (κ3) is 8.85. The molecule has 144 valence electrons. The van der Waals surface area contributed by atoms with Gasteiger partial charge in [-0.1, -0.05) is 85.0 Å². The first-order chi connectivity index (χ1) is 11.7. The number of piperidine rings is 1. The van der Waals surface area contributed by atoms with Crippen LogP contribution in [0.2, 0.25) is 0 Å². The topological polar surface area (TPSA) is 23.5 Å². The third-order valence-electron chi connectivity index (χ3n) is 5.95. The Bertz CT molecular complexity index is 267. The van der Waals surface area contributed by atoms with Crippen molar-refractivity contribution in [2.45, 2.75) is 123 Å². The van der Waals surface area contributed by atoms with E-state index in [9.17, 15) is 5.11 Å². The first kappa shape index (κ1) is 22.0. The molecule has 0 aromatic rings. The zero-order valence-electron chi connectivity index (χ0n) is 16.9. The standard InChI is InChI=1S/C22H45NO/c1-4-6-8-10-12-14-21(15-13-11-9-7-5-2)23-18-20(3)16-17-22(23)19-24/h20-22,24H,4-19H2,1-3H3/t20-,22+/m0/s1. The van der Waals surface area contributed by atoms with E-state index in [1.54, 1.807) is 0 Å². The van der Waals surface area contributed by atoms with Crippen molar-refractivity contribution in [3.8, 4) is 0 Å². The fourth-order valence-corrected chi connectivity index (χ4v) is 4.33. The van der Waals surface area contributed by atoms with Gasteiger partial charge in [-0.15, -0.1) is 0 Å². The van der Waals surface area contributed by atoms with Crippen LogP contribution in [0.5, 0.6) is 0 Å². The van der Waals surface area contributed by atoms with Crippen molar-refractivity contribution in [3.05, 3.63) is 0 Å². The fourth-order valence-electron chi connectivity index (χ4n) is 4.33. The largest absolute Gasteiger partial charge is 0.395 e. The van der Waals surface area contributed by atoms with Crippen molar-refractivity contribution in [1.82, 2.24) is 4.90 Å². The Morgan fingerprint density at radius 2 is 1.38 bits per heavy atom. The van der Waals surface area contributed by atoms with E-state index in [0.717, 1.165) is 5.92 Å². The summed E-state index contributed by atoms with van der Waals surface area (Å²) in [6.45, 7) is 8.54. The van der Waals surface area contributed by atoms with Crippen molar-refractivity contribution >= 4 is 0 Å². The molecule has 0 saturated carbocycles. The van der Waals surface area contributed by atoms with Gasteiger partial charge in [-0.2, -0.15) is 0 Å². The molecule has 2 heteroatoms. The molecule has 0 bridgehead atoms. The monoisotopic (exact) mass is 339 g/mol. The summed E-state index contributed by atoms with van der Waals surface area (Å²) in [5.74, 6) is 0.801. The molecule has 0 amide bonds. The highest BCUT2D eigenvalue weighted by atomic mass is 16.3. The lowest BCUT2D eigenvalue weighted by Crippen LogP contribution is -2.50. The molecular weight excluding hydrogens is 294 g/mol. The predicted octanol–water partition coefficient (Wildman–Crippen LogP) is 6.17. The molecule has 0 radical (unpaired) electrons. The summed E-state index contributed by atoms with van der Waals surface area (Å²) >= 11 is 0. The molecule has 1 aliphatic rings. The summed E-state index contributed by atoms with van der Waals surface area (Å²) in [6.07, 6.45) is 19.0. The first-order valence-electron chi connectivity index (χ1n) is 11.1. The predicted molar refractivity (Wildman–Crippen MR) is 107 cm³/mol. The van der Waals surface area contributed by atoms with Gasteiger partial charge < -0.3 is 5.11 Å². The lowest BCUT2D eigenvalue weighted by Gasteiger charge is -2.43. The Hall–Kier alpha value is -0.0800. The maximum absolute atomic E-state index is 9.84. The second kappa shape index (κ2) is 14.1. The van der Waals surface area contributed by atoms with Crippen molar-refractivity contribution < 1.29 is 5.11 Å². The van der Waals surface area contributed by atoms with E-state index in [0.29, 0.717) is 18.7 Å². The highest BCUT2D eigenvalue weighted by Crippen LogP contribution is 2.28. The van der Waals surface area contributed by atoms with Gasteiger partial charge in [0.2, 0.25) is 0 Å². The number of likely N-dealkylation sites (tertiary alicyclic amines) is 1. The number of nitrogens with zero attached hydrogens (tertiary/aromatic N) is 1. The molecule has 1 fully saturated rings. The number of aliphatic hydroxyl groups is 1. The molecule has 0 aliphatic carbocycles. The van der Waals surface area contributed by atoms with Crippen LogP contribution in [0.3, 0.4) is 0 Å². The van der Waals surface area contributed by atoms with Crippen LogP contribution in [0.1, 0.15) is 111 Å². The van der Waals surface area contributed by atoms with E-state index in [-0.39, 0.29) is 0 Å². The molecule has 0 unspecified atom stereocenters. The van der Waals surface area contributed by atoms with Crippen LogP contribution in [0.25, 0.3) is 0 Å². The first-order valence-corrected chi connectivity index (χ1v) is 11.1. The Morgan fingerprint density at radius 1 is 0.833 bits per heavy atom. The van der Waals surface area contributed by atoms with Crippen LogP contribution >= 0.6 is 0 Å². The molecule has 1 saturated heterocycles. The van der Waals surface area contributed by atoms with Gasteiger partial charge in [0.25, 0.3) is 0 Å². The highest BCUT2D eigenvalue weighted by molar-refractivity contribution is 4.85. The van der Waals surface area contributed by atoms with Gasteiger partial charge in [0.15, 0.2) is 0 Å².